The summed E-state index contributed by atoms with van der Waals surface area (Å²) >= 11 is 0. The zero-order valence-corrected chi connectivity index (χ0v) is 12.1. The van der Waals surface area contributed by atoms with E-state index in [0.29, 0.717) is 18.4 Å². The molecular weight excluding hydrogens is 254 g/mol. The van der Waals surface area contributed by atoms with Crippen molar-refractivity contribution in [2.75, 3.05) is 13.6 Å². The molecule has 0 aromatic carbocycles. The maximum absolute atomic E-state index is 11.8. The molecule has 6 heteroatoms. The van der Waals surface area contributed by atoms with Crippen LogP contribution in [0, 0.1) is 5.92 Å². The van der Waals surface area contributed by atoms with E-state index in [1.807, 2.05) is 13.8 Å². The normalized spacial score (nSPS) is 15.8. The zero-order chi connectivity index (χ0) is 13.0. The predicted octanol–water partition coefficient (Wildman–Crippen LogP) is 0.519. The first-order valence-corrected chi connectivity index (χ1v) is 6.20. The van der Waals surface area contributed by atoms with E-state index in [0.717, 1.165) is 12.8 Å². The van der Waals surface area contributed by atoms with Crippen molar-refractivity contribution in [1.82, 2.24) is 10.2 Å². The van der Waals surface area contributed by atoms with Crippen LogP contribution >= 0.6 is 12.4 Å². The molecule has 0 aromatic rings. The molecule has 0 heterocycles. The monoisotopic (exact) mass is 277 g/mol. The first-order valence-electron chi connectivity index (χ1n) is 6.20. The van der Waals surface area contributed by atoms with Gasteiger partial charge in [-0.05, 0) is 25.2 Å². The van der Waals surface area contributed by atoms with Crippen LogP contribution in [0.15, 0.2) is 0 Å². The summed E-state index contributed by atoms with van der Waals surface area (Å²) in [6.45, 7) is 4.14. The molecule has 1 atom stereocenters. The van der Waals surface area contributed by atoms with Gasteiger partial charge < -0.3 is 16.0 Å². The van der Waals surface area contributed by atoms with Crippen molar-refractivity contribution in [2.45, 2.75) is 45.2 Å². The minimum Gasteiger partial charge on any atom is -0.352 e. The van der Waals surface area contributed by atoms with E-state index >= 15 is 0 Å². The summed E-state index contributed by atoms with van der Waals surface area (Å²) in [5.41, 5.74) is 5.79. The molecule has 2 amide bonds. The number of likely N-dealkylation sites (N-methyl/N-ethyl adjacent to an activating group) is 1. The number of carbonyl (C=O) groups is 2. The summed E-state index contributed by atoms with van der Waals surface area (Å²) in [6.07, 6.45) is 2.75. The number of halogens is 1. The van der Waals surface area contributed by atoms with Gasteiger partial charge in [0.2, 0.25) is 11.8 Å². The van der Waals surface area contributed by atoms with E-state index in [-0.39, 0.29) is 30.8 Å². The van der Waals surface area contributed by atoms with Gasteiger partial charge in [0.05, 0.1) is 12.6 Å². The molecule has 106 valence electrons. The van der Waals surface area contributed by atoms with E-state index < -0.39 is 6.04 Å². The van der Waals surface area contributed by atoms with Crippen LogP contribution in [0.2, 0.25) is 0 Å². The van der Waals surface area contributed by atoms with Crippen LogP contribution in [0.5, 0.6) is 0 Å². The van der Waals surface area contributed by atoms with Gasteiger partial charge in [0.15, 0.2) is 0 Å². The van der Waals surface area contributed by atoms with Gasteiger partial charge in [-0.25, -0.2) is 0 Å². The van der Waals surface area contributed by atoms with E-state index in [4.69, 9.17) is 5.73 Å². The number of nitrogens with one attached hydrogen (secondary N) is 1. The minimum absolute atomic E-state index is 0. The Morgan fingerprint density at radius 2 is 1.94 bits per heavy atom. The number of rotatable bonds is 6. The van der Waals surface area contributed by atoms with Crippen molar-refractivity contribution in [1.29, 1.82) is 0 Å². The van der Waals surface area contributed by atoms with Crippen molar-refractivity contribution in [3.63, 3.8) is 0 Å². The Hall–Kier alpha value is -0.810. The summed E-state index contributed by atoms with van der Waals surface area (Å²) in [7, 11) is 1.62. The van der Waals surface area contributed by atoms with Crippen LogP contribution in [0.1, 0.15) is 33.1 Å². The predicted molar refractivity (Wildman–Crippen MR) is 73.5 cm³/mol. The highest BCUT2D eigenvalue weighted by atomic mass is 35.5. The number of amides is 2. The first kappa shape index (κ1) is 17.2. The van der Waals surface area contributed by atoms with Crippen LogP contribution < -0.4 is 11.1 Å². The Kier molecular flexibility index (Phi) is 7.25. The third kappa shape index (κ3) is 6.21. The van der Waals surface area contributed by atoms with Crippen LogP contribution in [0.3, 0.4) is 0 Å². The molecule has 3 N–H and O–H groups in total. The van der Waals surface area contributed by atoms with E-state index in [9.17, 15) is 9.59 Å². The standard InChI is InChI=1S/C12H23N3O2.ClH/c1-8(2)6-10(13)12(17)15(3)7-11(16)14-9-4-5-9;/h8-10H,4-7,13H2,1-3H3,(H,14,16);1H/t10-;/m0./s1. The van der Waals surface area contributed by atoms with Crippen molar-refractivity contribution < 1.29 is 9.59 Å². The van der Waals surface area contributed by atoms with Crippen molar-refractivity contribution >= 4 is 24.2 Å². The van der Waals surface area contributed by atoms with Gasteiger partial charge in [-0.2, -0.15) is 0 Å². The molecule has 0 saturated heterocycles. The van der Waals surface area contributed by atoms with E-state index in [2.05, 4.69) is 5.32 Å². The molecule has 1 aliphatic carbocycles. The van der Waals surface area contributed by atoms with Crippen molar-refractivity contribution in [3.05, 3.63) is 0 Å². The molecule has 18 heavy (non-hydrogen) atoms. The Bertz CT molecular complexity index is 293. The summed E-state index contributed by atoms with van der Waals surface area (Å²) in [6, 6.07) is -0.177. The smallest absolute Gasteiger partial charge is 0.239 e. The van der Waals surface area contributed by atoms with E-state index in [1.54, 1.807) is 7.05 Å². The highest BCUT2D eigenvalue weighted by Gasteiger charge is 2.25. The van der Waals surface area contributed by atoms with E-state index in [1.165, 1.54) is 4.90 Å². The van der Waals surface area contributed by atoms with Crippen molar-refractivity contribution in [3.8, 4) is 0 Å². The Balaban J connectivity index is 0.00000289. The fourth-order valence-corrected chi connectivity index (χ4v) is 1.69. The fourth-order valence-electron chi connectivity index (χ4n) is 1.69. The Morgan fingerprint density at radius 3 is 2.39 bits per heavy atom. The lowest BCUT2D eigenvalue weighted by Crippen LogP contribution is -2.46. The number of hydrogen-bond donors (Lipinski definition) is 2. The number of nitrogens with zero attached hydrogens (tertiary/aromatic N) is 1. The molecular formula is C12H24ClN3O2. The number of hydrogen-bond acceptors (Lipinski definition) is 3. The van der Waals surface area contributed by atoms with Gasteiger partial charge in [0.1, 0.15) is 0 Å². The third-order valence-corrected chi connectivity index (χ3v) is 2.74. The lowest BCUT2D eigenvalue weighted by Gasteiger charge is -2.21. The quantitative estimate of drug-likeness (QED) is 0.743. The summed E-state index contributed by atoms with van der Waals surface area (Å²) in [5.74, 6) is 0.118. The van der Waals surface area contributed by atoms with Gasteiger partial charge in [-0.1, -0.05) is 13.8 Å². The van der Waals surface area contributed by atoms with Crippen LogP contribution in [0.25, 0.3) is 0 Å². The molecule has 0 radical (unpaired) electrons. The highest BCUT2D eigenvalue weighted by molar-refractivity contribution is 5.87. The SMILES string of the molecule is CC(C)C[C@H](N)C(=O)N(C)CC(=O)NC1CC1.Cl. The minimum atomic E-state index is -0.506. The van der Waals surface area contributed by atoms with Crippen LogP contribution in [0.4, 0.5) is 0 Å². The average molecular weight is 278 g/mol. The van der Waals surface area contributed by atoms with Crippen LogP contribution in [-0.4, -0.2) is 42.4 Å². The fraction of sp³-hybridized carbons (Fsp3) is 0.833. The maximum Gasteiger partial charge on any atom is 0.239 e. The lowest BCUT2D eigenvalue weighted by atomic mass is 10.0. The molecule has 0 aliphatic heterocycles. The third-order valence-electron chi connectivity index (χ3n) is 2.74. The topological polar surface area (TPSA) is 75.4 Å². The van der Waals surface area contributed by atoms with Gasteiger partial charge in [-0.15, -0.1) is 12.4 Å². The van der Waals surface area contributed by atoms with Gasteiger partial charge >= 0.3 is 0 Å². The second-order valence-corrected chi connectivity index (χ2v) is 5.27. The van der Waals surface area contributed by atoms with Gasteiger partial charge in [-0.3, -0.25) is 9.59 Å². The molecule has 1 fully saturated rings. The Morgan fingerprint density at radius 1 is 1.39 bits per heavy atom. The second-order valence-electron chi connectivity index (χ2n) is 5.27. The summed E-state index contributed by atoms with van der Waals surface area (Å²) in [5, 5.41) is 2.85. The molecule has 5 nitrogen and oxygen atoms in total. The average Bonchev–Trinajstić information content (AvgIpc) is 2.98. The van der Waals surface area contributed by atoms with Gasteiger partial charge in [0.25, 0.3) is 0 Å². The van der Waals surface area contributed by atoms with Crippen molar-refractivity contribution in [2.24, 2.45) is 11.7 Å². The largest absolute Gasteiger partial charge is 0.352 e. The molecule has 0 spiro atoms. The summed E-state index contributed by atoms with van der Waals surface area (Å²) < 4.78 is 0. The highest BCUT2D eigenvalue weighted by Crippen LogP contribution is 2.18. The lowest BCUT2D eigenvalue weighted by molar-refractivity contribution is -0.136. The van der Waals surface area contributed by atoms with Gasteiger partial charge in [0, 0.05) is 13.1 Å². The first-order chi connectivity index (χ1) is 7.90. The summed E-state index contributed by atoms with van der Waals surface area (Å²) in [4.78, 5) is 24.8. The molecule has 1 saturated carbocycles. The molecule has 0 bridgehead atoms. The molecule has 1 aliphatic rings. The number of nitrogens with two attached hydrogens (primary N) is 1. The zero-order valence-electron chi connectivity index (χ0n) is 11.3. The second kappa shape index (κ2) is 7.59. The maximum atomic E-state index is 11.8. The molecule has 0 unspecified atom stereocenters. The number of carbonyl (C=O) groups excluding carboxylic acids is 2. The molecule has 1 rings (SSSR count). The molecule has 0 aromatic heterocycles. The Labute approximate surface area is 115 Å². The van der Waals surface area contributed by atoms with Crippen LogP contribution in [-0.2, 0) is 9.59 Å².